The summed E-state index contributed by atoms with van der Waals surface area (Å²) in [4.78, 5) is 12.8. The molecule has 0 aromatic heterocycles. The number of aromatic hydroxyl groups is 1. The van der Waals surface area contributed by atoms with Crippen LogP contribution >= 0.6 is 34.8 Å². The molecular weight excluding hydrogens is 331 g/mol. The molecule has 1 atom stereocenters. The first-order chi connectivity index (χ1) is 9.84. The highest BCUT2D eigenvalue weighted by atomic mass is 35.5. The minimum atomic E-state index is -0.728. The number of Topliss-reactive ketones (excluding diaryl/α,β-unsaturated/α-hetero) is 1. The molecule has 1 N–H and O–H groups in total. The van der Waals surface area contributed by atoms with Crippen LogP contribution in [0.4, 0.5) is 0 Å². The van der Waals surface area contributed by atoms with Gasteiger partial charge in [0.15, 0.2) is 5.78 Å². The Balaban J connectivity index is 2.16. The number of hydrogen-bond donors (Lipinski definition) is 1. The second-order valence-corrected chi connectivity index (χ2v) is 6.60. The van der Waals surface area contributed by atoms with Gasteiger partial charge < -0.3 is 5.11 Å². The number of halogens is 3. The molecule has 0 amide bonds. The minimum absolute atomic E-state index is 0.0177. The maximum Gasteiger partial charge on any atom is 0.175 e. The van der Waals surface area contributed by atoms with Crippen LogP contribution in [0.2, 0.25) is 15.1 Å². The number of hydrogen-bond acceptors (Lipinski definition) is 2. The number of rotatable bonds is 1. The van der Waals surface area contributed by atoms with Crippen LogP contribution in [0, 0.1) is 0 Å². The molecule has 0 heterocycles. The summed E-state index contributed by atoms with van der Waals surface area (Å²) in [6.45, 7) is 1.86. The highest BCUT2D eigenvalue weighted by Crippen LogP contribution is 2.46. The molecule has 0 unspecified atom stereocenters. The number of carbonyl (C=O) groups excluding carboxylic acids is 1. The summed E-state index contributed by atoms with van der Waals surface area (Å²) in [6.07, 6.45) is 0.466. The molecule has 5 heteroatoms. The van der Waals surface area contributed by atoms with Crippen molar-refractivity contribution >= 4 is 40.6 Å². The summed E-state index contributed by atoms with van der Waals surface area (Å²) >= 11 is 18.0. The van der Waals surface area contributed by atoms with E-state index < -0.39 is 5.41 Å². The zero-order chi connectivity index (χ0) is 15.4. The van der Waals surface area contributed by atoms with E-state index in [9.17, 15) is 9.90 Å². The van der Waals surface area contributed by atoms with Crippen molar-refractivity contribution in [2.24, 2.45) is 0 Å². The van der Waals surface area contributed by atoms with Crippen molar-refractivity contribution < 1.29 is 9.90 Å². The predicted octanol–water partition coefficient (Wildman–Crippen LogP) is 5.05. The van der Waals surface area contributed by atoms with E-state index in [-0.39, 0.29) is 21.6 Å². The van der Waals surface area contributed by atoms with Crippen LogP contribution in [0.3, 0.4) is 0 Å². The van der Waals surface area contributed by atoms with Gasteiger partial charge in [0.05, 0.1) is 10.4 Å². The fourth-order valence-electron chi connectivity index (χ4n) is 2.84. The molecule has 3 rings (SSSR count). The lowest BCUT2D eigenvalue weighted by Gasteiger charge is -2.22. The van der Waals surface area contributed by atoms with Gasteiger partial charge in [-0.3, -0.25) is 4.79 Å². The molecule has 108 valence electrons. The average Bonchev–Trinajstić information content (AvgIpc) is 2.70. The molecule has 0 saturated heterocycles. The summed E-state index contributed by atoms with van der Waals surface area (Å²) in [5.41, 5.74) is 1.24. The molecule has 1 aliphatic rings. The number of fused-ring (bicyclic) bond motifs is 1. The first-order valence-electron chi connectivity index (χ1n) is 6.35. The van der Waals surface area contributed by atoms with E-state index in [0.29, 0.717) is 22.6 Å². The third kappa shape index (κ3) is 2.13. The SMILES string of the molecule is C[C@@]1(c2ccc(Cl)cc2)Cc2cc(O)c(Cl)c(Cl)c2C1=O. The quantitative estimate of drug-likeness (QED) is 0.788. The van der Waals surface area contributed by atoms with Gasteiger partial charge in [-0.15, -0.1) is 0 Å². The third-order valence-electron chi connectivity index (χ3n) is 4.02. The molecule has 2 nitrogen and oxygen atoms in total. The van der Waals surface area contributed by atoms with Crippen molar-refractivity contribution in [2.45, 2.75) is 18.8 Å². The summed E-state index contributed by atoms with van der Waals surface area (Å²) in [5.74, 6) is -0.194. The van der Waals surface area contributed by atoms with Gasteiger partial charge in [0, 0.05) is 10.6 Å². The van der Waals surface area contributed by atoms with Crippen molar-refractivity contribution in [3.63, 3.8) is 0 Å². The fraction of sp³-hybridized carbons (Fsp3) is 0.188. The maximum absolute atomic E-state index is 12.8. The van der Waals surface area contributed by atoms with E-state index in [1.165, 1.54) is 6.07 Å². The lowest BCUT2D eigenvalue weighted by Crippen LogP contribution is -2.29. The monoisotopic (exact) mass is 340 g/mol. The van der Waals surface area contributed by atoms with Gasteiger partial charge in [-0.25, -0.2) is 0 Å². The van der Waals surface area contributed by atoms with E-state index >= 15 is 0 Å². The molecule has 2 aromatic rings. The molecule has 0 spiro atoms. The average molecular weight is 342 g/mol. The maximum atomic E-state index is 12.8. The van der Waals surface area contributed by atoms with Gasteiger partial charge in [-0.05, 0) is 42.7 Å². The number of carbonyl (C=O) groups is 1. The normalized spacial score (nSPS) is 20.7. The fourth-order valence-corrected chi connectivity index (χ4v) is 3.42. The van der Waals surface area contributed by atoms with Crippen molar-refractivity contribution in [1.82, 2.24) is 0 Å². The molecule has 0 fully saturated rings. The lowest BCUT2D eigenvalue weighted by atomic mass is 9.79. The highest BCUT2D eigenvalue weighted by molar-refractivity contribution is 6.45. The van der Waals surface area contributed by atoms with Gasteiger partial charge in [-0.2, -0.15) is 0 Å². The predicted molar refractivity (Wildman–Crippen MR) is 85.0 cm³/mol. The molecular formula is C16H11Cl3O2. The zero-order valence-electron chi connectivity index (χ0n) is 11.1. The van der Waals surface area contributed by atoms with E-state index in [4.69, 9.17) is 34.8 Å². The molecule has 0 aliphatic heterocycles. The van der Waals surface area contributed by atoms with E-state index in [1.807, 2.05) is 19.1 Å². The first-order valence-corrected chi connectivity index (χ1v) is 7.48. The Morgan fingerprint density at radius 3 is 2.33 bits per heavy atom. The van der Waals surface area contributed by atoms with Crippen LogP contribution in [-0.4, -0.2) is 10.9 Å². The highest BCUT2D eigenvalue weighted by Gasteiger charge is 2.44. The van der Waals surface area contributed by atoms with Crippen LogP contribution in [0.15, 0.2) is 30.3 Å². The van der Waals surface area contributed by atoms with Gasteiger partial charge >= 0.3 is 0 Å². The second-order valence-electron chi connectivity index (χ2n) is 5.40. The topological polar surface area (TPSA) is 37.3 Å². The molecule has 0 bridgehead atoms. The van der Waals surface area contributed by atoms with Crippen molar-refractivity contribution in [3.8, 4) is 5.75 Å². The Bertz CT molecular complexity index is 753. The summed E-state index contributed by atoms with van der Waals surface area (Å²) in [5, 5.41) is 10.5. The Morgan fingerprint density at radius 2 is 1.71 bits per heavy atom. The van der Waals surface area contributed by atoms with Crippen LogP contribution in [0.5, 0.6) is 5.75 Å². The van der Waals surface area contributed by atoms with E-state index in [0.717, 1.165) is 5.56 Å². The third-order valence-corrected chi connectivity index (χ3v) is 5.13. The van der Waals surface area contributed by atoms with Crippen molar-refractivity contribution in [3.05, 3.63) is 62.1 Å². The van der Waals surface area contributed by atoms with E-state index in [2.05, 4.69) is 0 Å². The Kier molecular flexibility index (Phi) is 3.44. The van der Waals surface area contributed by atoms with Gasteiger partial charge in [0.1, 0.15) is 10.8 Å². The summed E-state index contributed by atoms with van der Waals surface area (Å²) in [6, 6.07) is 8.69. The van der Waals surface area contributed by atoms with Crippen LogP contribution in [0.1, 0.15) is 28.4 Å². The molecule has 0 saturated carbocycles. The van der Waals surface area contributed by atoms with Crippen molar-refractivity contribution in [1.29, 1.82) is 0 Å². The lowest BCUT2D eigenvalue weighted by molar-refractivity contribution is 0.0915. The summed E-state index contributed by atoms with van der Waals surface area (Å²) in [7, 11) is 0. The Labute approximate surface area is 137 Å². The van der Waals surface area contributed by atoms with Gasteiger partial charge in [0.2, 0.25) is 0 Å². The largest absolute Gasteiger partial charge is 0.506 e. The minimum Gasteiger partial charge on any atom is -0.506 e. The van der Waals surface area contributed by atoms with Gasteiger partial charge in [0.25, 0.3) is 0 Å². The molecule has 1 aliphatic carbocycles. The van der Waals surface area contributed by atoms with E-state index in [1.54, 1.807) is 12.1 Å². The second kappa shape index (κ2) is 4.91. The van der Waals surface area contributed by atoms with Crippen LogP contribution in [-0.2, 0) is 11.8 Å². The first kappa shape index (κ1) is 14.7. The number of ketones is 1. The Hall–Kier alpha value is -1.22. The zero-order valence-corrected chi connectivity index (χ0v) is 13.4. The van der Waals surface area contributed by atoms with Crippen molar-refractivity contribution in [2.75, 3.05) is 0 Å². The van der Waals surface area contributed by atoms with Crippen LogP contribution in [0.25, 0.3) is 0 Å². The molecule has 0 radical (unpaired) electrons. The smallest absolute Gasteiger partial charge is 0.175 e. The van der Waals surface area contributed by atoms with Crippen LogP contribution < -0.4 is 0 Å². The Morgan fingerprint density at radius 1 is 1.10 bits per heavy atom. The number of phenolic OH excluding ortho intramolecular Hbond substituents is 1. The number of benzene rings is 2. The number of phenols is 1. The molecule has 2 aromatic carbocycles. The standard InChI is InChI=1S/C16H11Cl3O2/c1-16(9-2-4-10(17)5-3-9)7-8-6-11(20)13(18)14(19)12(8)15(16)21/h2-6,20H,7H2,1H3/t16-/m0/s1. The van der Waals surface area contributed by atoms with Gasteiger partial charge in [-0.1, -0.05) is 46.9 Å². The summed E-state index contributed by atoms with van der Waals surface area (Å²) < 4.78 is 0. The molecule has 21 heavy (non-hydrogen) atoms.